The molecule has 0 amide bonds. The molecule has 0 aliphatic carbocycles. The summed E-state index contributed by atoms with van der Waals surface area (Å²) in [5.74, 6) is 0.592. The highest BCUT2D eigenvalue weighted by Crippen LogP contribution is 2.25. The Labute approximate surface area is 147 Å². The van der Waals surface area contributed by atoms with Gasteiger partial charge in [-0.25, -0.2) is 8.78 Å². The summed E-state index contributed by atoms with van der Waals surface area (Å²) in [6, 6.07) is 3.77. The average Bonchev–Trinajstić information content (AvgIpc) is 2.57. The van der Waals surface area contributed by atoms with Gasteiger partial charge in [-0.1, -0.05) is 59.8 Å². The lowest BCUT2D eigenvalue weighted by Crippen LogP contribution is -2.30. The second-order valence-corrected chi connectivity index (χ2v) is 7.14. The SMILES string of the molecule is CCCCN(CC(C)CCC(CC)CCC)c1cc(F)ccc1F. The molecule has 1 nitrogen and oxygen atoms in total. The van der Waals surface area contributed by atoms with E-state index in [1.54, 1.807) is 0 Å². The van der Waals surface area contributed by atoms with E-state index >= 15 is 0 Å². The van der Waals surface area contributed by atoms with Crippen LogP contribution in [0.5, 0.6) is 0 Å². The summed E-state index contributed by atoms with van der Waals surface area (Å²) in [6.45, 7) is 10.4. The first kappa shape index (κ1) is 20.9. The molecule has 24 heavy (non-hydrogen) atoms. The Balaban J connectivity index is 2.69. The van der Waals surface area contributed by atoms with Crippen LogP contribution in [0.1, 0.15) is 72.6 Å². The molecular weight excluding hydrogens is 304 g/mol. The molecule has 138 valence electrons. The van der Waals surface area contributed by atoms with Gasteiger partial charge in [-0.3, -0.25) is 0 Å². The molecule has 1 aromatic carbocycles. The molecule has 0 heterocycles. The second kappa shape index (κ2) is 11.4. The molecule has 0 N–H and O–H groups in total. The fraction of sp³-hybridized carbons (Fsp3) is 0.714. The molecule has 0 aromatic heterocycles. The van der Waals surface area contributed by atoms with E-state index in [2.05, 4.69) is 27.7 Å². The normalized spacial score (nSPS) is 13.8. The first-order chi connectivity index (χ1) is 11.5. The zero-order chi connectivity index (χ0) is 17.9. The van der Waals surface area contributed by atoms with Crippen molar-refractivity contribution in [2.75, 3.05) is 18.0 Å². The third kappa shape index (κ3) is 7.19. The number of unbranched alkanes of at least 4 members (excludes halogenated alkanes) is 1. The van der Waals surface area contributed by atoms with Crippen LogP contribution in [0.15, 0.2) is 18.2 Å². The van der Waals surface area contributed by atoms with Crippen LogP contribution in [0, 0.1) is 23.5 Å². The molecule has 0 aliphatic rings. The van der Waals surface area contributed by atoms with Crippen molar-refractivity contribution in [3.05, 3.63) is 29.8 Å². The van der Waals surface area contributed by atoms with Gasteiger partial charge in [0.05, 0.1) is 5.69 Å². The van der Waals surface area contributed by atoms with Crippen molar-refractivity contribution in [1.29, 1.82) is 0 Å². The zero-order valence-corrected chi connectivity index (χ0v) is 16.0. The molecule has 0 fully saturated rings. The van der Waals surface area contributed by atoms with Crippen LogP contribution in [0.25, 0.3) is 0 Å². The third-order valence-electron chi connectivity index (χ3n) is 4.90. The third-order valence-corrected chi connectivity index (χ3v) is 4.90. The second-order valence-electron chi connectivity index (χ2n) is 7.14. The molecule has 0 aliphatic heterocycles. The van der Waals surface area contributed by atoms with Crippen LogP contribution >= 0.6 is 0 Å². The lowest BCUT2D eigenvalue weighted by atomic mass is 9.91. The number of hydrogen-bond acceptors (Lipinski definition) is 1. The van der Waals surface area contributed by atoms with E-state index in [0.717, 1.165) is 38.3 Å². The van der Waals surface area contributed by atoms with Crippen LogP contribution in [0.4, 0.5) is 14.5 Å². The summed E-state index contributed by atoms with van der Waals surface area (Å²) >= 11 is 0. The molecule has 0 radical (unpaired) electrons. The minimum Gasteiger partial charge on any atom is -0.369 e. The predicted molar refractivity (Wildman–Crippen MR) is 101 cm³/mol. The first-order valence-corrected chi connectivity index (χ1v) is 9.71. The van der Waals surface area contributed by atoms with Crippen LogP contribution in [-0.2, 0) is 0 Å². The Kier molecular flexibility index (Phi) is 9.97. The number of nitrogens with zero attached hydrogens (tertiary/aromatic N) is 1. The van der Waals surface area contributed by atoms with Crippen molar-refractivity contribution < 1.29 is 8.78 Å². The van der Waals surface area contributed by atoms with E-state index in [0.29, 0.717) is 11.6 Å². The summed E-state index contributed by atoms with van der Waals surface area (Å²) in [4.78, 5) is 2.04. The van der Waals surface area contributed by atoms with E-state index in [4.69, 9.17) is 0 Å². The highest BCUT2D eigenvalue weighted by Gasteiger charge is 2.16. The smallest absolute Gasteiger partial charge is 0.146 e. The van der Waals surface area contributed by atoms with Crippen molar-refractivity contribution in [2.45, 2.75) is 72.6 Å². The van der Waals surface area contributed by atoms with Crippen molar-refractivity contribution in [3.8, 4) is 0 Å². The lowest BCUT2D eigenvalue weighted by Gasteiger charge is -2.29. The minimum atomic E-state index is -0.366. The molecule has 0 saturated carbocycles. The first-order valence-electron chi connectivity index (χ1n) is 9.71. The Morgan fingerprint density at radius 3 is 2.38 bits per heavy atom. The Bertz CT molecular complexity index is 461. The molecular formula is C21H35F2N. The van der Waals surface area contributed by atoms with Gasteiger partial charge < -0.3 is 4.90 Å². The van der Waals surface area contributed by atoms with Gasteiger partial charge in [-0.2, -0.15) is 0 Å². The van der Waals surface area contributed by atoms with E-state index in [1.807, 2.05) is 4.90 Å². The lowest BCUT2D eigenvalue weighted by molar-refractivity contribution is 0.375. The summed E-state index contributed by atoms with van der Waals surface area (Å²) in [5.41, 5.74) is 0.413. The van der Waals surface area contributed by atoms with Gasteiger partial charge in [0.15, 0.2) is 0 Å². The maximum Gasteiger partial charge on any atom is 0.146 e. The summed E-state index contributed by atoms with van der Waals surface area (Å²) < 4.78 is 27.7. The molecule has 2 unspecified atom stereocenters. The van der Waals surface area contributed by atoms with Gasteiger partial charge >= 0.3 is 0 Å². The highest BCUT2D eigenvalue weighted by atomic mass is 19.1. The molecule has 1 aromatic rings. The Hall–Kier alpha value is -1.12. The maximum absolute atomic E-state index is 14.2. The topological polar surface area (TPSA) is 3.24 Å². The summed E-state index contributed by atoms with van der Waals surface area (Å²) in [5, 5.41) is 0. The van der Waals surface area contributed by atoms with Crippen molar-refractivity contribution in [3.63, 3.8) is 0 Å². The summed E-state index contributed by atoms with van der Waals surface area (Å²) in [7, 11) is 0. The molecule has 1 rings (SSSR count). The van der Waals surface area contributed by atoms with Crippen LogP contribution in [0.2, 0.25) is 0 Å². The maximum atomic E-state index is 14.2. The number of halogens is 2. The van der Waals surface area contributed by atoms with Crippen LogP contribution in [0.3, 0.4) is 0 Å². The molecule has 2 atom stereocenters. The fourth-order valence-electron chi connectivity index (χ4n) is 3.34. The largest absolute Gasteiger partial charge is 0.369 e. The van der Waals surface area contributed by atoms with Gasteiger partial charge in [-0.05, 0) is 36.8 Å². The standard InChI is InChI=1S/C21H35F2N/c1-5-8-14-24(21-15-19(22)12-13-20(21)23)16-17(4)10-11-18(7-3)9-6-2/h12-13,15,17-18H,5-11,14,16H2,1-4H3. The van der Waals surface area contributed by atoms with E-state index in [1.165, 1.54) is 43.9 Å². The van der Waals surface area contributed by atoms with Gasteiger partial charge in [0.25, 0.3) is 0 Å². The molecule has 0 saturated heterocycles. The van der Waals surface area contributed by atoms with Crippen molar-refractivity contribution >= 4 is 5.69 Å². The summed E-state index contributed by atoms with van der Waals surface area (Å²) in [6.07, 6.45) is 8.20. The Morgan fingerprint density at radius 2 is 1.75 bits per heavy atom. The van der Waals surface area contributed by atoms with Crippen LogP contribution < -0.4 is 4.90 Å². The average molecular weight is 340 g/mol. The number of hydrogen-bond donors (Lipinski definition) is 0. The highest BCUT2D eigenvalue weighted by molar-refractivity contribution is 5.48. The van der Waals surface area contributed by atoms with Gasteiger partial charge in [0.2, 0.25) is 0 Å². The minimum absolute atomic E-state index is 0.322. The number of rotatable bonds is 12. The number of anilines is 1. The Morgan fingerprint density at radius 1 is 1.00 bits per heavy atom. The molecule has 0 bridgehead atoms. The van der Waals surface area contributed by atoms with E-state index in [9.17, 15) is 8.78 Å². The van der Waals surface area contributed by atoms with Gasteiger partial charge in [0, 0.05) is 19.2 Å². The molecule has 0 spiro atoms. The molecule has 3 heteroatoms. The monoisotopic (exact) mass is 339 g/mol. The number of benzene rings is 1. The van der Waals surface area contributed by atoms with Gasteiger partial charge in [0.1, 0.15) is 11.6 Å². The van der Waals surface area contributed by atoms with E-state index in [-0.39, 0.29) is 11.6 Å². The van der Waals surface area contributed by atoms with E-state index < -0.39 is 0 Å². The van der Waals surface area contributed by atoms with Crippen molar-refractivity contribution in [1.82, 2.24) is 0 Å². The van der Waals surface area contributed by atoms with Crippen LogP contribution in [-0.4, -0.2) is 13.1 Å². The zero-order valence-electron chi connectivity index (χ0n) is 16.0. The fourth-order valence-corrected chi connectivity index (χ4v) is 3.34. The van der Waals surface area contributed by atoms with Crippen molar-refractivity contribution in [2.24, 2.45) is 11.8 Å². The van der Waals surface area contributed by atoms with Gasteiger partial charge in [-0.15, -0.1) is 0 Å². The quantitative estimate of drug-likeness (QED) is 0.404. The predicted octanol–water partition coefficient (Wildman–Crippen LogP) is 6.81.